The zero-order valence-corrected chi connectivity index (χ0v) is 11.7. The lowest BCUT2D eigenvalue weighted by molar-refractivity contribution is 0.0815. The van der Waals surface area contributed by atoms with Crippen molar-refractivity contribution in [2.75, 3.05) is 18.6 Å². The topological polar surface area (TPSA) is 32.3 Å². The van der Waals surface area contributed by atoms with Crippen LogP contribution in [0.25, 0.3) is 0 Å². The lowest BCUT2D eigenvalue weighted by Gasteiger charge is -2.25. The molecule has 0 saturated carbocycles. The zero-order valence-electron chi connectivity index (χ0n) is 10.8. The van der Waals surface area contributed by atoms with Gasteiger partial charge in [0.2, 0.25) is 0 Å². The molecule has 0 heterocycles. The van der Waals surface area contributed by atoms with Crippen molar-refractivity contribution in [3.8, 4) is 0 Å². The molecule has 0 rings (SSSR count). The predicted octanol–water partition coefficient (Wildman–Crippen LogP) is 2.51. The molecule has 0 amide bonds. The summed E-state index contributed by atoms with van der Waals surface area (Å²) in [7, 11) is 0. The second-order valence-electron chi connectivity index (χ2n) is 5.18. The van der Waals surface area contributed by atoms with Gasteiger partial charge in [0, 0.05) is 18.3 Å². The Balaban J connectivity index is 3.65. The van der Waals surface area contributed by atoms with Gasteiger partial charge in [-0.3, -0.25) is 0 Å². The Labute approximate surface area is 99.2 Å². The van der Waals surface area contributed by atoms with Crippen LogP contribution in [-0.2, 0) is 0 Å². The fraction of sp³-hybridized carbons (Fsp3) is 1.00. The molecule has 92 valence electrons. The number of nitrogens with one attached hydrogen (secondary N) is 1. The third-order valence-corrected chi connectivity index (χ3v) is 3.37. The molecule has 0 aliphatic heterocycles. The van der Waals surface area contributed by atoms with Crippen LogP contribution in [0.1, 0.15) is 40.5 Å². The van der Waals surface area contributed by atoms with E-state index in [9.17, 15) is 5.11 Å². The molecule has 15 heavy (non-hydrogen) atoms. The fourth-order valence-electron chi connectivity index (χ4n) is 1.44. The highest BCUT2D eigenvalue weighted by molar-refractivity contribution is 7.98. The van der Waals surface area contributed by atoms with Crippen LogP contribution in [0.2, 0.25) is 0 Å². The lowest BCUT2D eigenvalue weighted by Crippen LogP contribution is -2.43. The van der Waals surface area contributed by atoms with Crippen LogP contribution in [-0.4, -0.2) is 35.3 Å². The van der Waals surface area contributed by atoms with Crippen molar-refractivity contribution in [1.29, 1.82) is 0 Å². The summed E-state index contributed by atoms with van der Waals surface area (Å²) in [5.74, 6) is 1.55. The Morgan fingerprint density at radius 3 is 2.33 bits per heavy atom. The first-order valence-electron chi connectivity index (χ1n) is 5.82. The van der Waals surface area contributed by atoms with Gasteiger partial charge in [-0.05, 0) is 38.9 Å². The second-order valence-corrected chi connectivity index (χ2v) is 6.05. The molecule has 3 heteroatoms. The van der Waals surface area contributed by atoms with E-state index in [0.29, 0.717) is 12.6 Å². The van der Waals surface area contributed by atoms with Crippen molar-refractivity contribution in [2.45, 2.75) is 52.2 Å². The molecular formula is C12H27NOS. The van der Waals surface area contributed by atoms with Crippen LogP contribution in [0.15, 0.2) is 0 Å². The van der Waals surface area contributed by atoms with Gasteiger partial charge in [0.25, 0.3) is 0 Å². The van der Waals surface area contributed by atoms with E-state index in [4.69, 9.17) is 0 Å². The van der Waals surface area contributed by atoms with Gasteiger partial charge in [-0.15, -0.1) is 0 Å². The normalized spacial score (nSPS) is 17.8. The number of thioether (sulfide) groups is 1. The molecule has 0 aromatic heterocycles. The number of rotatable bonds is 8. The third-order valence-electron chi connectivity index (χ3n) is 2.46. The second kappa shape index (κ2) is 7.53. The van der Waals surface area contributed by atoms with Crippen LogP contribution in [0.3, 0.4) is 0 Å². The molecule has 0 spiro atoms. The van der Waals surface area contributed by atoms with Crippen molar-refractivity contribution >= 4 is 11.8 Å². The van der Waals surface area contributed by atoms with E-state index >= 15 is 0 Å². The van der Waals surface area contributed by atoms with Gasteiger partial charge in [0.15, 0.2) is 0 Å². The van der Waals surface area contributed by atoms with Crippen LogP contribution in [0, 0.1) is 5.92 Å². The van der Waals surface area contributed by atoms with Gasteiger partial charge in [-0.25, -0.2) is 0 Å². The lowest BCUT2D eigenvalue weighted by atomic mass is 10.0. The Hall–Kier alpha value is 0.270. The Bertz CT molecular complexity index is 160. The molecule has 0 bridgehead atoms. The zero-order chi connectivity index (χ0) is 11.9. The summed E-state index contributed by atoms with van der Waals surface area (Å²) >= 11 is 1.69. The van der Waals surface area contributed by atoms with Crippen molar-refractivity contribution in [1.82, 2.24) is 5.32 Å². The molecule has 0 aliphatic rings. The van der Waals surface area contributed by atoms with E-state index in [2.05, 4.69) is 26.1 Å². The summed E-state index contributed by atoms with van der Waals surface area (Å²) < 4.78 is 0. The molecule has 0 radical (unpaired) electrons. The summed E-state index contributed by atoms with van der Waals surface area (Å²) in [4.78, 5) is 0. The van der Waals surface area contributed by atoms with E-state index in [1.165, 1.54) is 12.8 Å². The van der Waals surface area contributed by atoms with E-state index in [1.54, 1.807) is 11.8 Å². The SMILES string of the molecule is CSCC(C)(O)CNC(C)CCC(C)C. The highest BCUT2D eigenvalue weighted by Gasteiger charge is 2.19. The molecule has 2 nitrogen and oxygen atoms in total. The van der Waals surface area contributed by atoms with Gasteiger partial charge < -0.3 is 10.4 Å². The first-order chi connectivity index (χ1) is 6.87. The summed E-state index contributed by atoms with van der Waals surface area (Å²) in [6.07, 6.45) is 4.46. The van der Waals surface area contributed by atoms with Crippen LogP contribution < -0.4 is 5.32 Å². The Morgan fingerprint density at radius 1 is 1.27 bits per heavy atom. The first kappa shape index (κ1) is 15.3. The third kappa shape index (κ3) is 9.21. The molecule has 0 aromatic rings. The maximum Gasteiger partial charge on any atom is 0.0833 e. The Kier molecular flexibility index (Phi) is 7.66. The highest BCUT2D eigenvalue weighted by Crippen LogP contribution is 2.11. The van der Waals surface area contributed by atoms with Crippen LogP contribution in [0.5, 0.6) is 0 Å². The number of hydrogen-bond donors (Lipinski definition) is 2. The molecule has 0 aliphatic carbocycles. The minimum atomic E-state index is -0.578. The van der Waals surface area contributed by atoms with E-state index < -0.39 is 5.60 Å². The van der Waals surface area contributed by atoms with E-state index in [1.807, 2.05) is 13.2 Å². The van der Waals surface area contributed by atoms with Crippen molar-refractivity contribution < 1.29 is 5.11 Å². The van der Waals surface area contributed by atoms with Crippen LogP contribution >= 0.6 is 11.8 Å². The summed E-state index contributed by atoms with van der Waals surface area (Å²) in [6.45, 7) is 9.27. The molecule has 2 atom stereocenters. The monoisotopic (exact) mass is 233 g/mol. The minimum absolute atomic E-state index is 0.501. The molecular weight excluding hydrogens is 206 g/mol. The van der Waals surface area contributed by atoms with Gasteiger partial charge >= 0.3 is 0 Å². The van der Waals surface area contributed by atoms with Crippen molar-refractivity contribution in [3.05, 3.63) is 0 Å². The quantitative estimate of drug-likeness (QED) is 0.676. The highest BCUT2D eigenvalue weighted by atomic mass is 32.2. The molecule has 0 saturated heterocycles. The van der Waals surface area contributed by atoms with Crippen molar-refractivity contribution in [2.24, 2.45) is 5.92 Å². The first-order valence-corrected chi connectivity index (χ1v) is 7.21. The standard InChI is InChI=1S/C12H27NOS/c1-10(2)6-7-11(3)13-8-12(4,14)9-15-5/h10-11,13-14H,6-9H2,1-5H3. The number of hydrogen-bond acceptors (Lipinski definition) is 3. The van der Waals surface area contributed by atoms with E-state index in [0.717, 1.165) is 11.7 Å². The Morgan fingerprint density at radius 2 is 1.87 bits per heavy atom. The van der Waals surface area contributed by atoms with Gasteiger partial charge in [-0.2, -0.15) is 11.8 Å². The maximum absolute atomic E-state index is 9.96. The van der Waals surface area contributed by atoms with Gasteiger partial charge in [0.05, 0.1) is 5.60 Å². The summed E-state index contributed by atoms with van der Waals surface area (Å²) in [5, 5.41) is 13.4. The average molecular weight is 233 g/mol. The van der Waals surface area contributed by atoms with Gasteiger partial charge in [0.1, 0.15) is 0 Å². The molecule has 2 unspecified atom stereocenters. The largest absolute Gasteiger partial charge is 0.388 e. The summed E-state index contributed by atoms with van der Waals surface area (Å²) in [5.41, 5.74) is -0.578. The molecule has 2 N–H and O–H groups in total. The van der Waals surface area contributed by atoms with E-state index in [-0.39, 0.29) is 0 Å². The van der Waals surface area contributed by atoms with Crippen LogP contribution in [0.4, 0.5) is 0 Å². The van der Waals surface area contributed by atoms with Crippen molar-refractivity contribution in [3.63, 3.8) is 0 Å². The fourth-order valence-corrected chi connectivity index (χ4v) is 2.17. The van der Waals surface area contributed by atoms with Gasteiger partial charge in [-0.1, -0.05) is 13.8 Å². The number of aliphatic hydroxyl groups is 1. The molecule has 0 fully saturated rings. The molecule has 0 aromatic carbocycles. The summed E-state index contributed by atoms with van der Waals surface area (Å²) in [6, 6.07) is 0.501. The maximum atomic E-state index is 9.96. The average Bonchev–Trinajstić information content (AvgIpc) is 2.11. The predicted molar refractivity (Wildman–Crippen MR) is 70.5 cm³/mol. The smallest absolute Gasteiger partial charge is 0.0833 e. The minimum Gasteiger partial charge on any atom is -0.388 e.